The van der Waals surface area contributed by atoms with E-state index in [1.807, 2.05) is 43.3 Å². The van der Waals surface area contributed by atoms with Gasteiger partial charge in [0.1, 0.15) is 5.75 Å². The second-order valence-electron chi connectivity index (χ2n) is 4.00. The highest BCUT2D eigenvalue weighted by atomic mass is 16.5. The molecule has 18 heavy (non-hydrogen) atoms. The molecule has 0 radical (unpaired) electrons. The molecule has 2 rings (SSSR count). The van der Waals surface area contributed by atoms with Gasteiger partial charge in [0, 0.05) is 17.3 Å². The maximum Gasteiger partial charge on any atom is 0.255 e. The zero-order valence-corrected chi connectivity index (χ0v) is 10.4. The molecule has 0 saturated heterocycles. The summed E-state index contributed by atoms with van der Waals surface area (Å²) >= 11 is 0. The lowest BCUT2D eigenvalue weighted by molar-refractivity contribution is 0.102. The monoisotopic (exact) mass is 241 g/mol. The number of benzene rings is 2. The van der Waals surface area contributed by atoms with Gasteiger partial charge in [-0.3, -0.25) is 4.79 Å². The second-order valence-corrected chi connectivity index (χ2v) is 4.00. The van der Waals surface area contributed by atoms with Crippen LogP contribution in [0.2, 0.25) is 0 Å². The molecule has 1 amide bonds. The number of ether oxygens (including phenoxy) is 1. The summed E-state index contributed by atoms with van der Waals surface area (Å²) in [6, 6.07) is 14.7. The fraction of sp³-hybridized carbons (Fsp3) is 0.133. The van der Waals surface area contributed by atoms with Crippen molar-refractivity contribution < 1.29 is 9.53 Å². The molecular formula is C15H15NO2. The molecule has 0 aliphatic carbocycles. The minimum atomic E-state index is -0.124. The lowest BCUT2D eigenvalue weighted by Crippen LogP contribution is -2.11. The van der Waals surface area contributed by atoms with Crippen molar-refractivity contribution in [3.63, 3.8) is 0 Å². The van der Waals surface area contributed by atoms with Crippen LogP contribution in [-0.2, 0) is 0 Å². The van der Waals surface area contributed by atoms with Crippen LogP contribution in [0.5, 0.6) is 5.75 Å². The lowest BCUT2D eigenvalue weighted by atomic mass is 10.2. The van der Waals surface area contributed by atoms with Gasteiger partial charge in [0.25, 0.3) is 5.91 Å². The zero-order valence-electron chi connectivity index (χ0n) is 10.4. The average Bonchev–Trinajstić information content (AvgIpc) is 2.42. The van der Waals surface area contributed by atoms with Crippen LogP contribution in [0, 0.1) is 6.92 Å². The van der Waals surface area contributed by atoms with E-state index in [2.05, 4.69) is 5.32 Å². The van der Waals surface area contributed by atoms with Gasteiger partial charge in [-0.05, 0) is 30.7 Å². The summed E-state index contributed by atoms with van der Waals surface area (Å²) < 4.78 is 5.22. The molecule has 0 atom stereocenters. The summed E-state index contributed by atoms with van der Waals surface area (Å²) in [7, 11) is 1.62. The number of rotatable bonds is 3. The molecule has 0 aliphatic rings. The summed E-state index contributed by atoms with van der Waals surface area (Å²) in [5, 5.41) is 2.84. The highest BCUT2D eigenvalue weighted by Gasteiger charge is 2.06. The van der Waals surface area contributed by atoms with Gasteiger partial charge in [0.05, 0.1) is 7.11 Å². The third-order valence-corrected chi connectivity index (χ3v) is 2.70. The maximum absolute atomic E-state index is 11.9. The summed E-state index contributed by atoms with van der Waals surface area (Å²) in [4.78, 5) is 11.9. The van der Waals surface area contributed by atoms with E-state index in [4.69, 9.17) is 4.74 Å². The number of amides is 1. The Bertz CT molecular complexity index is 550. The van der Waals surface area contributed by atoms with Crippen LogP contribution in [0.4, 0.5) is 5.69 Å². The van der Waals surface area contributed by atoms with Gasteiger partial charge in [0.15, 0.2) is 0 Å². The van der Waals surface area contributed by atoms with Crippen LogP contribution in [0.15, 0.2) is 48.5 Å². The first kappa shape index (κ1) is 12.2. The molecule has 0 fully saturated rings. The van der Waals surface area contributed by atoms with E-state index in [1.165, 1.54) is 0 Å². The quantitative estimate of drug-likeness (QED) is 0.895. The van der Waals surface area contributed by atoms with Crippen molar-refractivity contribution in [2.45, 2.75) is 6.92 Å². The largest absolute Gasteiger partial charge is 0.496 e. The van der Waals surface area contributed by atoms with Crippen LogP contribution in [0.1, 0.15) is 15.9 Å². The average molecular weight is 241 g/mol. The molecule has 0 saturated carbocycles. The van der Waals surface area contributed by atoms with Crippen LogP contribution >= 0.6 is 0 Å². The van der Waals surface area contributed by atoms with Crippen molar-refractivity contribution >= 4 is 11.6 Å². The van der Waals surface area contributed by atoms with Crippen LogP contribution in [0.25, 0.3) is 0 Å². The van der Waals surface area contributed by atoms with E-state index in [9.17, 15) is 4.79 Å². The summed E-state index contributed by atoms with van der Waals surface area (Å²) in [6.45, 7) is 1.96. The van der Waals surface area contributed by atoms with Gasteiger partial charge >= 0.3 is 0 Å². The molecule has 0 unspecified atom stereocenters. The molecule has 0 bridgehead atoms. The van der Waals surface area contributed by atoms with Crippen molar-refractivity contribution in [1.82, 2.24) is 0 Å². The van der Waals surface area contributed by atoms with Crippen molar-refractivity contribution in [2.75, 3.05) is 12.4 Å². The number of aryl methyl sites for hydroxylation is 1. The Morgan fingerprint density at radius 2 is 1.83 bits per heavy atom. The van der Waals surface area contributed by atoms with E-state index in [0.29, 0.717) is 5.56 Å². The summed E-state index contributed by atoms with van der Waals surface area (Å²) in [6.07, 6.45) is 0. The van der Waals surface area contributed by atoms with Crippen LogP contribution in [-0.4, -0.2) is 13.0 Å². The Morgan fingerprint density at radius 3 is 2.50 bits per heavy atom. The third-order valence-electron chi connectivity index (χ3n) is 2.70. The third kappa shape index (κ3) is 2.69. The zero-order chi connectivity index (χ0) is 13.0. The number of nitrogens with one attached hydrogen (secondary N) is 1. The fourth-order valence-corrected chi connectivity index (χ4v) is 1.69. The molecule has 3 nitrogen and oxygen atoms in total. The first-order chi connectivity index (χ1) is 8.70. The van der Waals surface area contributed by atoms with Crippen LogP contribution in [0.3, 0.4) is 0 Å². The Labute approximate surface area is 106 Å². The standard InChI is InChI=1S/C15H15NO2/c1-11-8-9-13(10-14(11)18-2)16-15(17)12-6-4-3-5-7-12/h3-10H,1-2H3,(H,16,17). The molecule has 0 spiro atoms. The van der Waals surface area contributed by atoms with Gasteiger partial charge in [-0.1, -0.05) is 24.3 Å². The SMILES string of the molecule is COc1cc(NC(=O)c2ccccc2)ccc1C. The van der Waals surface area contributed by atoms with E-state index in [1.54, 1.807) is 19.2 Å². The molecule has 0 heterocycles. The van der Waals surface area contributed by atoms with Crippen molar-refractivity contribution in [2.24, 2.45) is 0 Å². The Kier molecular flexibility index (Phi) is 3.63. The molecule has 2 aromatic rings. The first-order valence-electron chi connectivity index (χ1n) is 5.72. The molecule has 1 N–H and O–H groups in total. The number of hydrogen-bond acceptors (Lipinski definition) is 2. The van der Waals surface area contributed by atoms with Crippen molar-refractivity contribution in [1.29, 1.82) is 0 Å². The van der Waals surface area contributed by atoms with E-state index < -0.39 is 0 Å². The van der Waals surface area contributed by atoms with Gasteiger partial charge in [-0.15, -0.1) is 0 Å². The van der Waals surface area contributed by atoms with Crippen LogP contribution < -0.4 is 10.1 Å². The minimum Gasteiger partial charge on any atom is -0.496 e. The topological polar surface area (TPSA) is 38.3 Å². The predicted octanol–water partition coefficient (Wildman–Crippen LogP) is 3.26. The van der Waals surface area contributed by atoms with Gasteiger partial charge in [-0.2, -0.15) is 0 Å². The molecule has 2 aromatic carbocycles. The second kappa shape index (κ2) is 5.36. The summed E-state index contributed by atoms with van der Waals surface area (Å²) in [5.41, 5.74) is 2.40. The molecule has 0 aromatic heterocycles. The minimum absolute atomic E-state index is 0.124. The fourth-order valence-electron chi connectivity index (χ4n) is 1.69. The van der Waals surface area contributed by atoms with E-state index in [0.717, 1.165) is 17.0 Å². The normalized spacial score (nSPS) is 9.89. The van der Waals surface area contributed by atoms with Gasteiger partial charge in [0.2, 0.25) is 0 Å². The lowest BCUT2D eigenvalue weighted by Gasteiger charge is -2.09. The predicted molar refractivity (Wildman–Crippen MR) is 72.1 cm³/mol. The van der Waals surface area contributed by atoms with Crippen molar-refractivity contribution in [3.8, 4) is 5.75 Å². The van der Waals surface area contributed by atoms with E-state index >= 15 is 0 Å². The number of anilines is 1. The van der Waals surface area contributed by atoms with Crippen molar-refractivity contribution in [3.05, 3.63) is 59.7 Å². The molecule has 0 aliphatic heterocycles. The van der Waals surface area contributed by atoms with Gasteiger partial charge in [-0.25, -0.2) is 0 Å². The number of carbonyl (C=O) groups excluding carboxylic acids is 1. The number of hydrogen-bond donors (Lipinski definition) is 1. The Balaban J connectivity index is 2.17. The first-order valence-corrected chi connectivity index (χ1v) is 5.72. The number of carbonyl (C=O) groups is 1. The Morgan fingerprint density at radius 1 is 1.11 bits per heavy atom. The smallest absolute Gasteiger partial charge is 0.255 e. The molecule has 92 valence electrons. The maximum atomic E-state index is 11.9. The molecular weight excluding hydrogens is 226 g/mol. The summed E-state index contributed by atoms with van der Waals surface area (Å²) in [5.74, 6) is 0.641. The highest BCUT2D eigenvalue weighted by Crippen LogP contribution is 2.22. The van der Waals surface area contributed by atoms with Gasteiger partial charge < -0.3 is 10.1 Å². The van der Waals surface area contributed by atoms with E-state index in [-0.39, 0.29) is 5.91 Å². The molecule has 3 heteroatoms. The highest BCUT2D eigenvalue weighted by molar-refractivity contribution is 6.04. The Hall–Kier alpha value is -2.29. The number of methoxy groups -OCH3 is 1.